The van der Waals surface area contributed by atoms with Crippen LogP contribution in [0.2, 0.25) is 0 Å². The van der Waals surface area contributed by atoms with Gasteiger partial charge in [0, 0.05) is 93.8 Å². The van der Waals surface area contributed by atoms with Crippen LogP contribution in [0.25, 0.3) is 0 Å². The minimum Gasteiger partial charge on any atom is -0.428 e. The van der Waals surface area contributed by atoms with Gasteiger partial charge < -0.3 is 29.4 Å². The van der Waals surface area contributed by atoms with Crippen LogP contribution in [0.3, 0.4) is 0 Å². The van der Waals surface area contributed by atoms with Crippen molar-refractivity contribution < 1.29 is 28.8 Å². The number of piperidine rings is 2. The fraction of sp³-hybridized carbons (Fsp3) is 0.492. The Bertz CT molecular complexity index is 3210. The SMILES string of the molecule is CC[C@H]1O[C@@H](n2cc(C)c(=O)[nH]c2=O)CC1O.CC[C@H]1O[C@@H](n2cc(C)c(=O)[nH]c2=O)CC1OC(=O)OC(CN(Cc1ccccc1)CC1CCCCN1)c1ccccc1.c1ccc(CN2CC3CCCCN3C(c3ccccc3)C2)cc1. The molecule has 10 atom stereocenters. The second-order valence-corrected chi connectivity index (χ2v) is 22.8. The van der Waals surface area contributed by atoms with Gasteiger partial charge in [0.05, 0.1) is 18.3 Å². The fourth-order valence-corrected chi connectivity index (χ4v) is 12.3. The average molecular weight is 1140 g/mol. The molecule has 0 spiro atoms. The molecule has 4 aromatic carbocycles. The van der Waals surface area contributed by atoms with Gasteiger partial charge in [0.25, 0.3) is 11.1 Å². The van der Waals surface area contributed by atoms with Gasteiger partial charge >= 0.3 is 17.5 Å². The molecule has 18 nitrogen and oxygen atoms in total. The molecule has 5 fully saturated rings. The minimum atomic E-state index is -0.776. The van der Waals surface area contributed by atoms with Gasteiger partial charge in [-0.15, -0.1) is 0 Å². The molecule has 0 saturated carbocycles. The second-order valence-electron chi connectivity index (χ2n) is 22.8. The molecule has 11 rings (SSSR count). The van der Waals surface area contributed by atoms with Crippen molar-refractivity contribution in [3.8, 4) is 0 Å². The molecule has 5 saturated heterocycles. The molecule has 18 heteroatoms. The molecule has 6 aromatic rings. The molecule has 4 N–H and O–H groups in total. The number of nitrogens with one attached hydrogen (secondary N) is 3. The topological polar surface area (TPSA) is 206 Å². The summed E-state index contributed by atoms with van der Waals surface area (Å²) in [5.74, 6) is 0. The number of aliphatic hydroxyl groups is 1. The van der Waals surface area contributed by atoms with E-state index in [2.05, 4.69) is 103 Å². The first-order valence-electron chi connectivity index (χ1n) is 29.9. The molecule has 7 heterocycles. The van der Waals surface area contributed by atoms with Crippen molar-refractivity contribution in [1.29, 1.82) is 0 Å². The lowest BCUT2D eigenvalue weighted by atomic mass is 9.92. The van der Waals surface area contributed by atoms with E-state index in [1.165, 1.54) is 83.4 Å². The Balaban J connectivity index is 0.000000171. The van der Waals surface area contributed by atoms with Crippen LogP contribution in [-0.4, -0.2) is 121 Å². The Morgan fingerprint density at radius 2 is 1.28 bits per heavy atom. The number of aliphatic hydroxyl groups excluding tert-OH is 1. The number of aromatic nitrogens is 4. The Labute approximate surface area is 486 Å². The van der Waals surface area contributed by atoms with Crippen molar-refractivity contribution in [2.75, 3.05) is 39.3 Å². The lowest BCUT2D eigenvalue weighted by molar-refractivity contribution is -0.0482. The van der Waals surface area contributed by atoms with Crippen LogP contribution in [0.1, 0.15) is 136 Å². The number of ether oxygens (including phenoxy) is 4. The van der Waals surface area contributed by atoms with Crippen LogP contribution in [-0.2, 0) is 32.0 Å². The Morgan fingerprint density at radius 3 is 1.88 bits per heavy atom. The third-order valence-corrected chi connectivity index (χ3v) is 16.7. The summed E-state index contributed by atoms with van der Waals surface area (Å²) in [6, 6.07) is 43.8. The summed E-state index contributed by atoms with van der Waals surface area (Å²) in [4.78, 5) is 72.8. The van der Waals surface area contributed by atoms with Crippen LogP contribution < -0.4 is 27.8 Å². The van der Waals surface area contributed by atoms with Gasteiger partial charge in [0.1, 0.15) is 24.7 Å². The number of hydrogen-bond donors (Lipinski definition) is 4. The smallest absolute Gasteiger partial charge is 0.428 e. The lowest BCUT2D eigenvalue weighted by Gasteiger charge is -2.49. The summed E-state index contributed by atoms with van der Waals surface area (Å²) in [5.41, 5.74) is 3.95. The zero-order valence-corrected chi connectivity index (χ0v) is 48.6. The number of rotatable bonds is 16. The molecule has 83 heavy (non-hydrogen) atoms. The Morgan fingerprint density at radius 1 is 0.699 bits per heavy atom. The fourth-order valence-electron chi connectivity index (χ4n) is 12.3. The van der Waals surface area contributed by atoms with Gasteiger partial charge in [0.15, 0.2) is 0 Å². The van der Waals surface area contributed by atoms with Crippen molar-refractivity contribution in [3.63, 3.8) is 0 Å². The van der Waals surface area contributed by atoms with Gasteiger partial charge in [-0.2, -0.15) is 0 Å². The number of piperazine rings is 1. The van der Waals surface area contributed by atoms with E-state index >= 15 is 0 Å². The summed E-state index contributed by atoms with van der Waals surface area (Å²) < 4.78 is 26.2. The number of benzene rings is 4. The number of carbonyl (C=O) groups excluding carboxylic acids is 1. The quantitative estimate of drug-likeness (QED) is 0.0672. The van der Waals surface area contributed by atoms with Crippen molar-refractivity contribution >= 4 is 6.16 Å². The number of nitrogens with zero attached hydrogens (tertiary/aromatic N) is 5. The number of hydrogen-bond acceptors (Lipinski definition) is 14. The van der Waals surface area contributed by atoms with E-state index < -0.39 is 65.5 Å². The van der Waals surface area contributed by atoms with Crippen LogP contribution in [0.15, 0.2) is 153 Å². The maximum Gasteiger partial charge on any atom is 0.509 e. The molecule has 444 valence electrons. The van der Waals surface area contributed by atoms with Crippen LogP contribution in [0, 0.1) is 13.8 Å². The lowest BCUT2D eigenvalue weighted by Crippen LogP contribution is -2.55. The first-order chi connectivity index (χ1) is 40.3. The zero-order chi connectivity index (χ0) is 58.2. The highest BCUT2D eigenvalue weighted by Gasteiger charge is 2.40. The van der Waals surface area contributed by atoms with Gasteiger partial charge in [0.2, 0.25) is 0 Å². The van der Waals surface area contributed by atoms with Crippen molar-refractivity contribution in [3.05, 3.63) is 209 Å². The molecular weight excluding hydrogens is 1050 g/mol. The molecule has 0 radical (unpaired) electrons. The molecule has 6 unspecified atom stereocenters. The van der Waals surface area contributed by atoms with Crippen LogP contribution in [0.5, 0.6) is 0 Å². The zero-order valence-electron chi connectivity index (χ0n) is 48.6. The largest absolute Gasteiger partial charge is 0.509 e. The van der Waals surface area contributed by atoms with E-state index in [9.17, 15) is 29.1 Å². The van der Waals surface area contributed by atoms with Crippen molar-refractivity contribution in [1.82, 2.24) is 39.1 Å². The van der Waals surface area contributed by atoms with E-state index in [1.807, 2.05) is 62.4 Å². The molecular formula is C65H84N8O10. The van der Waals surface area contributed by atoms with E-state index in [-0.39, 0.29) is 12.5 Å². The van der Waals surface area contributed by atoms with Gasteiger partial charge in [-0.1, -0.05) is 148 Å². The van der Waals surface area contributed by atoms with Crippen molar-refractivity contribution in [2.45, 2.75) is 166 Å². The first kappa shape index (κ1) is 60.8. The van der Waals surface area contributed by atoms with Gasteiger partial charge in [-0.25, -0.2) is 14.4 Å². The molecule has 0 amide bonds. The van der Waals surface area contributed by atoms with Gasteiger partial charge in [-0.3, -0.25) is 43.4 Å². The number of H-pyrrole nitrogens is 2. The highest BCUT2D eigenvalue weighted by Crippen LogP contribution is 2.36. The summed E-state index contributed by atoms with van der Waals surface area (Å²) in [7, 11) is 0. The third-order valence-electron chi connectivity index (χ3n) is 16.7. The predicted molar refractivity (Wildman–Crippen MR) is 319 cm³/mol. The number of aromatic amines is 2. The summed E-state index contributed by atoms with van der Waals surface area (Å²) in [6.07, 6.45) is 8.12. The number of fused-ring (bicyclic) bond motifs is 1. The normalized spacial score (nSPS) is 24.8. The maximum atomic E-state index is 13.3. The second kappa shape index (κ2) is 29.7. The average Bonchev–Trinajstić information content (AvgIpc) is 4.24. The summed E-state index contributed by atoms with van der Waals surface area (Å²) in [5, 5.41) is 13.4. The van der Waals surface area contributed by atoms with E-state index in [4.69, 9.17) is 18.9 Å². The highest BCUT2D eigenvalue weighted by molar-refractivity contribution is 5.61. The summed E-state index contributed by atoms with van der Waals surface area (Å²) in [6.45, 7) is 14.9. The summed E-state index contributed by atoms with van der Waals surface area (Å²) >= 11 is 0. The Hall–Kier alpha value is -6.77. The molecule has 2 aromatic heterocycles. The van der Waals surface area contributed by atoms with E-state index in [0.717, 1.165) is 50.7 Å². The monoisotopic (exact) mass is 1140 g/mol. The minimum absolute atomic E-state index is 0.251. The maximum absolute atomic E-state index is 13.3. The van der Waals surface area contributed by atoms with Crippen LogP contribution in [0.4, 0.5) is 4.79 Å². The standard InChI is InChI=1S/C33H42N4O6.C21H26N2.C11H16N2O4/c1-3-27-28(18-30(41-27)37-19-23(2)31(38)35-32(37)39)42-33(40)43-29(25-14-8-5-9-15-25)22-36(20-24-12-6-4-7-13-24)21-26-16-10-11-17-34-26;1-3-9-18(10-4-1)15-22-16-20-13-7-8-14-23(20)21(17-22)19-11-5-2-6-12-19;1-3-8-7(14)4-9(17-8)13-5-6(2)10(15)12-11(13)16/h4-9,12-15,19,26-30,34H,3,10-11,16-18,20-22H2,1-2H3,(H,35,38,39);1-6,9-12,20-21H,7-8,13-17H2;5,7-9,14H,3-4H2,1-2H3,(H,12,15,16)/t26?,27-,28?,29?,30-;;7?,8-,9-/m1.1/s1. The van der Waals surface area contributed by atoms with Gasteiger partial charge in [-0.05, 0) is 87.7 Å². The molecule has 5 aliphatic rings. The number of aryl methyl sites for hydroxylation is 2. The molecule has 5 aliphatic heterocycles. The predicted octanol–water partition coefficient (Wildman–Crippen LogP) is 8.45. The highest BCUT2D eigenvalue weighted by atomic mass is 16.7. The molecule has 0 aliphatic carbocycles. The first-order valence-corrected chi connectivity index (χ1v) is 29.9. The molecule has 0 bridgehead atoms. The van der Waals surface area contributed by atoms with Crippen LogP contribution >= 0.6 is 0 Å². The third kappa shape index (κ3) is 16.5. The van der Waals surface area contributed by atoms with E-state index in [0.29, 0.717) is 49.0 Å². The number of carbonyl (C=O) groups is 1. The van der Waals surface area contributed by atoms with Crippen molar-refractivity contribution in [2.24, 2.45) is 0 Å². The Kier molecular flexibility index (Phi) is 21.7. The van der Waals surface area contributed by atoms with E-state index in [1.54, 1.807) is 13.8 Å².